The lowest BCUT2D eigenvalue weighted by atomic mass is 9.71. The zero-order chi connectivity index (χ0) is 27.4. The predicted molar refractivity (Wildman–Crippen MR) is 148 cm³/mol. The summed E-state index contributed by atoms with van der Waals surface area (Å²) in [6.07, 6.45) is 4.18. The number of phenols is 1. The van der Waals surface area contributed by atoms with Crippen LogP contribution in [0.4, 0.5) is 0 Å². The van der Waals surface area contributed by atoms with Gasteiger partial charge in [0, 0.05) is 35.2 Å². The third kappa shape index (κ3) is 5.21. The van der Waals surface area contributed by atoms with Crippen LogP contribution in [-0.2, 0) is 14.3 Å². The van der Waals surface area contributed by atoms with E-state index in [4.69, 9.17) is 9.47 Å². The largest absolute Gasteiger partial charge is 0.508 e. The third-order valence-corrected chi connectivity index (χ3v) is 7.25. The molecule has 196 valence electrons. The molecule has 2 N–H and O–H groups in total. The fourth-order valence-electron chi connectivity index (χ4n) is 5.26. The molecule has 0 amide bonds. The van der Waals surface area contributed by atoms with Crippen molar-refractivity contribution in [3.05, 3.63) is 119 Å². The van der Waals surface area contributed by atoms with Crippen molar-refractivity contribution in [2.24, 2.45) is 0 Å². The van der Waals surface area contributed by atoms with E-state index in [0.717, 1.165) is 28.2 Å². The maximum Gasteiger partial charge on any atom is 0.337 e. The van der Waals surface area contributed by atoms with E-state index < -0.39 is 11.9 Å². The summed E-state index contributed by atoms with van der Waals surface area (Å²) >= 11 is 0. The molecule has 0 saturated heterocycles. The van der Waals surface area contributed by atoms with Gasteiger partial charge in [-0.25, -0.2) is 4.79 Å². The maximum atomic E-state index is 13.8. The van der Waals surface area contributed by atoms with Crippen LogP contribution < -0.4 is 10.1 Å². The molecule has 2 atom stereocenters. The second kappa shape index (κ2) is 11.4. The molecule has 2 aromatic carbocycles. The molecule has 6 nitrogen and oxygen atoms in total. The average molecular weight is 512 g/mol. The Morgan fingerprint density at radius 3 is 2.58 bits per heavy atom. The van der Waals surface area contributed by atoms with Crippen LogP contribution in [0.15, 0.2) is 108 Å². The van der Waals surface area contributed by atoms with Crippen LogP contribution in [0.1, 0.15) is 49.7 Å². The number of Topliss-reactive ketones (excluding diaryl/α,β-unsaturated/α-hetero) is 1. The molecule has 38 heavy (non-hydrogen) atoms. The summed E-state index contributed by atoms with van der Waals surface area (Å²) in [6, 6.07) is 14.4. The molecule has 0 aromatic heterocycles. The van der Waals surface area contributed by atoms with Gasteiger partial charge in [-0.05, 0) is 60.7 Å². The van der Waals surface area contributed by atoms with Gasteiger partial charge in [0.05, 0.1) is 12.7 Å². The standard InChI is InChI=1S/C32H33NO5/c1-6-19(3)21(7-2)18-38-32(36)29-20(4)33-26-16-23(25-13-8-9-14-28(25)37-5)17-27(35)31(26)30(29)22-11-10-12-24(34)15-22/h6-15,23,30,33-34H,1-2,16-18H2,3-5H3/b21-19+/t23-,30-/m1/s1. The summed E-state index contributed by atoms with van der Waals surface area (Å²) in [6.45, 7) is 11.3. The van der Waals surface area contributed by atoms with E-state index in [0.29, 0.717) is 28.8 Å². The van der Waals surface area contributed by atoms with Crippen LogP contribution in [0.2, 0.25) is 0 Å². The fourth-order valence-corrected chi connectivity index (χ4v) is 5.26. The molecular weight excluding hydrogens is 478 g/mol. The number of rotatable bonds is 8. The summed E-state index contributed by atoms with van der Waals surface area (Å²) in [5.41, 5.74) is 5.49. The van der Waals surface area contributed by atoms with Crippen molar-refractivity contribution in [3.8, 4) is 11.5 Å². The first-order valence-electron chi connectivity index (χ1n) is 12.6. The van der Waals surface area contributed by atoms with E-state index in [1.807, 2.05) is 44.2 Å². The normalized spacial score (nSPS) is 19.7. The molecular formula is C32H33NO5. The highest BCUT2D eigenvalue weighted by Gasteiger charge is 2.42. The van der Waals surface area contributed by atoms with Gasteiger partial charge in [0.2, 0.25) is 0 Å². The van der Waals surface area contributed by atoms with Gasteiger partial charge in [-0.2, -0.15) is 0 Å². The van der Waals surface area contributed by atoms with Crippen molar-refractivity contribution in [3.63, 3.8) is 0 Å². The Balaban J connectivity index is 1.75. The molecule has 2 aromatic rings. The number of carbonyl (C=O) groups excluding carboxylic acids is 2. The highest BCUT2D eigenvalue weighted by atomic mass is 16.5. The van der Waals surface area contributed by atoms with Gasteiger partial charge in [-0.1, -0.05) is 55.6 Å². The minimum atomic E-state index is -0.673. The first-order valence-corrected chi connectivity index (χ1v) is 12.6. The molecule has 0 bridgehead atoms. The van der Waals surface area contributed by atoms with E-state index >= 15 is 0 Å². The quantitative estimate of drug-likeness (QED) is 0.334. The maximum absolute atomic E-state index is 13.8. The lowest BCUT2D eigenvalue weighted by Gasteiger charge is -2.37. The van der Waals surface area contributed by atoms with Gasteiger partial charge in [-0.3, -0.25) is 4.79 Å². The highest BCUT2D eigenvalue weighted by molar-refractivity contribution is 6.04. The summed E-state index contributed by atoms with van der Waals surface area (Å²) in [4.78, 5) is 27.3. The molecule has 2 aliphatic rings. The zero-order valence-corrected chi connectivity index (χ0v) is 22.0. The molecule has 0 saturated carbocycles. The Bertz CT molecular complexity index is 1390. The van der Waals surface area contributed by atoms with Crippen LogP contribution in [0.5, 0.6) is 11.5 Å². The van der Waals surface area contributed by atoms with E-state index in [1.165, 1.54) is 0 Å². The summed E-state index contributed by atoms with van der Waals surface area (Å²) in [5, 5.41) is 13.6. The molecule has 0 fully saturated rings. The number of allylic oxidation sites excluding steroid dienone is 5. The van der Waals surface area contributed by atoms with Crippen LogP contribution in [-0.4, -0.2) is 30.6 Å². The average Bonchev–Trinajstić information content (AvgIpc) is 2.92. The number of carbonyl (C=O) groups is 2. The van der Waals surface area contributed by atoms with E-state index in [9.17, 15) is 14.7 Å². The Morgan fingerprint density at radius 2 is 1.89 bits per heavy atom. The third-order valence-electron chi connectivity index (χ3n) is 7.25. The highest BCUT2D eigenvalue weighted by Crippen LogP contribution is 2.47. The van der Waals surface area contributed by atoms with Crippen molar-refractivity contribution >= 4 is 11.8 Å². The number of methoxy groups -OCH3 is 1. The molecule has 0 radical (unpaired) electrons. The van der Waals surface area contributed by atoms with E-state index in [2.05, 4.69) is 18.5 Å². The molecule has 1 aliphatic carbocycles. The van der Waals surface area contributed by atoms with Crippen molar-refractivity contribution in [2.75, 3.05) is 13.7 Å². The summed E-state index contributed by atoms with van der Waals surface area (Å²) in [5.74, 6) is -0.540. The first kappa shape index (κ1) is 26.7. The van der Waals surface area contributed by atoms with Crippen LogP contribution >= 0.6 is 0 Å². The van der Waals surface area contributed by atoms with Gasteiger partial charge in [0.15, 0.2) is 5.78 Å². The van der Waals surface area contributed by atoms with Crippen LogP contribution in [0.25, 0.3) is 0 Å². The van der Waals surface area contributed by atoms with Gasteiger partial charge in [-0.15, -0.1) is 0 Å². The van der Waals surface area contributed by atoms with Gasteiger partial charge in [0.1, 0.15) is 18.1 Å². The van der Waals surface area contributed by atoms with E-state index in [1.54, 1.807) is 37.5 Å². The Hall–Kier alpha value is -4.32. The summed E-state index contributed by atoms with van der Waals surface area (Å²) in [7, 11) is 1.62. The van der Waals surface area contributed by atoms with Crippen molar-refractivity contribution < 1.29 is 24.2 Å². The lowest BCUT2D eigenvalue weighted by molar-refractivity contribution is -0.138. The van der Waals surface area contributed by atoms with Crippen LogP contribution in [0, 0.1) is 0 Å². The molecule has 1 aliphatic heterocycles. The monoisotopic (exact) mass is 511 g/mol. The van der Waals surface area contributed by atoms with Crippen LogP contribution in [0.3, 0.4) is 0 Å². The number of esters is 1. The number of aromatic hydroxyl groups is 1. The number of hydrogen-bond donors (Lipinski definition) is 2. The van der Waals surface area contributed by atoms with Crippen molar-refractivity contribution in [2.45, 2.75) is 38.5 Å². The lowest BCUT2D eigenvalue weighted by Crippen LogP contribution is -2.36. The second-order valence-electron chi connectivity index (χ2n) is 9.55. The topological polar surface area (TPSA) is 84.9 Å². The molecule has 0 unspecified atom stereocenters. The van der Waals surface area contributed by atoms with Crippen molar-refractivity contribution in [1.29, 1.82) is 0 Å². The minimum absolute atomic E-state index is 0.0272. The SMILES string of the molecule is C=C/C(C)=C(\C=C)COC(=O)C1=C(C)NC2=C(C(=O)C[C@H](c3ccccc3OC)C2)[C@@H]1c1cccc(O)c1. The predicted octanol–water partition coefficient (Wildman–Crippen LogP) is 5.99. The fraction of sp³-hybridized carbons (Fsp3) is 0.250. The molecule has 1 heterocycles. The number of nitrogens with one attached hydrogen (secondary N) is 1. The summed E-state index contributed by atoms with van der Waals surface area (Å²) < 4.78 is 11.3. The Labute approximate surface area is 223 Å². The number of dihydropyridines is 1. The number of hydrogen-bond acceptors (Lipinski definition) is 6. The smallest absolute Gasteiger partial charge is 0.337 e. The molecule has 6 heteroatoms. The van der Waals surface area contributed by atoms with Gasteiger partial charge < -0.3 is 19.9 Å². The molecule has 4 rings (SSSR count). The molecule has 0 spiro atoms. The number of benzene rings is 2. The number of para-hydroxylation sites is 1. The Morgan fingerprint density at radius 1 is 1.13 bits per heavy atom. The number of ether oxygens (including phenoxy) is 2. The number of ketones is 1. The van der Waals surface area contributed by atoms with Gasteiger partial charge in [0.25, 0.3) is 0 Å². The Kier molecular flexibility index (Phi) is 8.01. The number of phenolic OH excluding ortho intramolecular Hbond substituents is 1. The second-order valence-corrected chi connectivity index (χ2v) is 9.55. The first-order chi connectivity index (χ1) is 18.3. The van der Waals surface area contributed by atoms with E-state index in [-0.39, 0.29) is 30.5 Å². The van der Waals surface area contributed by atoms with Gasteiger partial charge >= 0.3 is 5.97 Å². The zero-order valence-electron chi connectivity index (χ0n) is 22.0. The minimum Gasteiger partial charge on any atom is -0.508 e. The van der Waals surface area contributed by atoms with Crippen molar-refractivity contribution in [1.82, 2.24) is 5.32 Å².